The number of hydrogen-bond acceptors (Lipinski definition) is 5. The fourth-order valence-electron chi connectivity index (χ4n) is 7.38. The second-order valence-electron chi connectivity index (χ2n) is 12.7. The van der Waals surface area contributed by atoms with Crippen LogP contribution in [0.3, 0.4) is 0 Å². The van der Waals surface area contributed by atoms with Gasteiger partial charge < -0.3 is 9.80 Å². The minimum absolute atomic E-state index is 0.917. The van der Waals surface area contributed by atoms with E-state index in [1.54, 1.807) is 12.4 Å². The fourth-order valence-corrected chi connectivity index (χ4v) is 8.47. The van der Waals surface area contributed by atoms with Crippen LogP contribution in [-0.2, 0) is 0 Å². The molecule has 0 radical (unpaired) electrons. The molecule has 51 heavy (non-hydrogen) atoms. The molecule has 0 aliphatic carbocycles. The van der Waals surface area contributed by atoms with E-state index in [2.05, 4.69) is 180 Å². The van der Waals surface area contributed by atoms with Crippen molar-refractivity contribution in [2.24, 2.45) is 0 Å². The Hall–Kier alpha value is -6.43. The number of aromatic nitrogens is 2. The van der Waals surface area contributed by atoms with Gasteiger partial charge in [0, 0.05) is 55.7 Å². The predicted octanol–water partition coefficient (Wildman–Crippen LogP) is 13.0. The van der Waals surface area contributed by atoms with E-state index in [-0.39, 0.29) is 0 Å². The molecule has 8 aromatic carbocycles. The molecule has 0 N–H and O–H groups in total. The van der Waals surface area contributed by atoms with Crippen LogP contribution in [0.15, 0.2) is 192 Å². The van der Waals surface area contributed by atoms with Gasteiger partial charge >= 0.3 is 0 Å². The lowest BCUT2D eigenvalue weighted by molar-refractivity contribution is 1.16. The van der Waals surface area contributed by atoms with E-state index in [9.17, 15) is 0 Å². The summed E-state index contributed by atoms with van der Waals surface area (Å²) in [4.78, 5) is 16.8. The molecule has 0 spiro atoms. The van der Waals surface area contributed by atoms with Crippen molar-refractivity contribution in [3.8, 4) is 11.1 Å². The lowest BCUT2D eigenvalue weighted by Crippen LogP contribution is -2.16. The Kier molecular flexibility index (Phi) is 7.03. The van der Waals surface area contributed by atoms with E-state index < -0.39 is 0 Å². The van der Waals surface area contributed by atoms with E-state index in [1.165, 1.54) is 26.6 Å². The molecule has 240 valence electrons. The number of para-hydroxylation sites is 3. The number of nitrogens with zero attached hydrogens (tertiary/aromatic N) is 4. The van der Waals surface area contributed by atoms with Crippen molar-refractivity contribution in [2.45, 2.75) is 9.79 Å². The molecule has 1 aliphatic heterocycles. The third kappa shape index (κ3) is 5.01. The van der Waals surface area contributed by atoms with Gasteiger partial charge in [-0.15, -0.1) is 0 Å². The smallest absolute Gasteiger partial charge is 0.0971 e. The molecule has 0 saturated carbocycles. The number of fused-ring (bicyclic) bond motifs is 8. The van der Waals surface area contributed by atoms with Crippen molar-refractivity contribution < 1.29 is 0 Å². The van der Waals surface area contributed by atoms with Crippen molar-refractivity contribution in [3.63, 3.8) is 0 Å². The molecular formula is C46H30N4S. The average molecular weight is 671 g/mol. The summed E-state index contributed by atoms with van der Waals surface area (Å²) in [6.07, 6.45) is 3.58. The lowest BCUT2D eigenvalue weighted by Gasteiger charge is -2.34. The maximum absolute atomic E-state index is 4.85. The quantitative estimate of drug-likeness (QED) is 0.170. The van der Waals surface area contributed by atoms with Gasteiger partial charge in [-0.2, -0.15) is 0 Å². The summed E-state index contributed by atoms with van der Waals surface area (Å²) < 4.78 is 0. The molecule has 1 aromatic heterocycles. The zero-order valence-electron chi connectivity index (χ0n) is 27.5. The third-order valence-electron chi connectivity index (χ3n) is 9.68. The van der Waals surface area contributed by atoms with E-state index in [4.69, 9.17) is 9.97 Å². The Balaban J connectivity index is 1.18. The van der Waals surface area contributed by atoms with Crippen LogP contribution in [-0.4, -0.2) is 9.97 Å². The summed E-state index contributed by atoms with van der Waals surface area (Å²) in [5.41, 5.74) is 11.0. The summed E-state index contributed by atoms with van der Waals surface area (Å²) in [7, 11) is 0. The van der Waals surface area contributed by atoms with E-state index in [0.29, 0.717) is 0 Å². The Bertz CT molecular complexity index is 2690. The van der Waals surface area contributed by atoms with Crippen LogP contribution in [0.25, 0.3) is 43.7 Å². The van der Waals surface area contributed by atoms with Gasteiger partial charge in [0.1, 0.15) is 0 Å². The summed E-state index contributed by atoms with van der Waals surface area (Å²) in [5.74, 6) is 0. The van der Waals surface area contributed by atoms with Crippen molar-refractivity contribution in [1.82, 2.24) is 9.97 Å². The van der Waals surface area contributed by atoms with E-state index in [1.807, 2.05) is 11.8 Å². The summed E-state index contributed by atoms with van der Waals surface area (Å²) >= 11 is 1.82. The van der Waals surface area contributed by atoms with Crippen molar-refractivity contribution in [2.75, 3.05) is 9.80 Å². The summed E-state index contributed by atoms with van der Waals surface area (Å²) in [5, 5.41) is 4.51. The molecular weight excluding hydrogens is 641 g/mol. The Morgan fingerprint density at radius 2 is 1.00 bits per heavy atom. The van der Waals surface area contributed by atoms with E-state index in [0.717, 1.165) is 61.0 Å². The van der Waals surface area contributed by atoms with Crippen LogP contribution >= 0.6 is 11.8 Å². The highest BCUT2D eigenvalue weighted by Crippen LogP contribution is 2.53. The highest BCUT2D eigenvalue weighted by Gasteiger charge is 2.27. The van der Waals surface area contributed by atoms with Crippen molar-refractivity contribution in [3.05, 3.63) is 182 Å². The maximum Gasteiger partial charge on any atom is 0.0971 e. The number of benzene rings is 8. The first-order valence-electron chi connectivity index (χ1n) is 17.1. The zero-order chi connectivity index (χ0) is 33.7. The largest absolute Gasteiger partial charge is 0.310 e. The van der Waals surface area contributed by atoms with Gasteiger partial charge in [0.05, 0.1) is 22.4 Å². The molecule has 0 amide bonds. The summed E-state index contributed by atoms with van der Waals surface area (Å²) in [6, 6.07) is 60.8. The topological polar surface area (TPSA) is 32.3 Å². The van der Waals surface area contributed by atoms with Gasteiger partial charge in [-0.3, -0.25) is 9.97 Å². The minimum Gasteiger partial charge on any atom is -0.310 e. The monoisotopic (exact) mass is 670 g/mol. The van der Waals surface area contributed by atoms with Gasteiger partial charge in [0.2, 0.25) is 0 Å². The second kappa shape index (κ2) is 12.2. The molecule has 0 atom stereocenters. The molecule has 10 rings (SSSR count). The number of rotatable bonds is 5. The SMILES string of the molecule is c1ccc(-c2ccc3c(c2)c2cc(N4c5ccccc5Sc5cc(N(c6ccccc6)c6ccccc6)ccc54)ccc2c2nccnc32)cc1. The van der Waals surface area contributed by atoms with Gasteiger partial charge in [-0.05, 0) is 94.7 Å². The van der Waals surface area contributed by atoms with Crippen molar-refractivity contribution in [1.29, 1.82) is 0 Å². The molecule has 0 unspecified atom stereocenters. The van der Waals surface area contributed by atoms with Crippen LogP contribution in [0.4, 0.5) is 34.1 Å². The maximum atomic E-state index is 4.85. The van der Waals surface area contributed by atoms with Gasteiger partial charge in [0.15, 0.2) is 0 Å². The average Bonchev–Trinajstić information content (AvgIpc) is 3.21. The molecule has 1 aliphatic rings. The standard InChI is InChI=1S/C46H30N4S/c1-4-12-31(13-5-1)32-20-23-37-39(28-32)40-29-35(21-24-38(40)46-45(37)47-26-27-48-46)50-41-18-10-11-19-43(41)51-44-30-36(22-25-42(44)50)49(33-14-6-2-7-15-33)34-16-8-3-9-17-34/h1-30H. The van der Waals surface area contributed by atoms with Crippen LogP contribution < -0.4 is 9.80 Å². The van der Waals surface area contributed by atoms with Gasteiger partial charge in [0.25, 0.3) is 0 Å². The molecule has 2 heterocycles. The minimum atomic E-state index is 0.917. The molecule has 0 saturated heterocycles. The number of hydrogen-bond donors (Lipinski definition) is 0. The Morgan fingerprint density at radius 1 is 0.412 bits per heavy atom. The zero-order valence-corrected chi connectivity index (χ0v) is 28.3. The highest BCUT2D eigenvalue weighted by atomic mass is 32.2. The van der Waals surface area contributed by atoms with Gasteiger partial charge in [-0.1, -0.05) is 109 Å². The first-order valence-corrected chi connectivity index (χ1v) is 17.9. The Labute approximate surface area is 300 Å². The normalized spacial score (nSPS) is 12.2. The van der Waals surface area contributed by atoms with Crippen LogP contribution in [0.5, 0.6) is 0 Å². The highest BCUT2D eigenvalue weighted by molar-refractivity contribution is 7.99. The van der Waals surface area contributed by atoms with E-state index >= 15 is 0 Å². The molecule has 0 bridgehead atoms. The van der Waals surface area contributed by atoms with Gasteiger partial charge in [-0.25, -0.2) is 0 Å². The Morgan fingerprint density at radius 3 is 1.71 bits per heavy atom. The first-order chi connectivity index (χ1) is 25.3. The molecule has 9 aromatic rings. The predicted molar refractivity (Wildman–Crippen MR) is 213 cm³/mol. The third-order valence-corrected chi connectivity index (χ3v) is 10.8. The lowest BCUT2D eigenvalue weighted by atomic mass is 9.95. The van der Waals surface area contributed by atoms with Crippen LogP contribution in [0.1, 0.15) is 0 Å². The van der Waals surface area contributed by atoms with Crippen LogP contribution in [0.2, 0.25) is 0 Å². The fraction of sp³-hybridized carbons (Fsp3) is 0. The first kappa shape index (κ1) is 29.5. The second-order valence-corrected chi connectivity index (χ2v) is 13.8. The molecule has 5 heteroatoms. The van der Waals surface area contributed by atoms with Crippen molar-refractivity contribution >= 4 is 78.5 Å². The molecule has 0 fully saturated rings. The summed E-state index contributed by atoms with van der Waals surface area (Å²) in [6.45, 7) is 0. The molecule has 4 nitrogen and oxygen atoms in total. The van der Waals surface area contributed by atoms with Crippen LogP contribution in [0, 0.1) is 0 Å². The number of anilines is 6.